The smallest absolute Gasteiger partial charge is 0.274 e. The zero-order chi connectivity index (χ0) is 12.1. The summed E-state index contributed by atoms with van der Waals surface area (Å²) in [6.45, 7) is 4.02. The molecule has 0 aliphatic heterocycles. The second kappa shape index (κ2) is 5.46. The first-order valence-electron chi connectivity index (χ1n) is 5.18. The number of nitrogens with one attached hydrogen (secondary N) is 1. The number of nitro benzene ring substituents is 1. The lowest BCUT2D eigenvalue weighted by Gasteiger charge is -2.10. The second-order valence-electron chi connectivity index (χ2n) is 3.77. The highest BCUT2D eigenvalue weighted by atomic mass is 16.6. The molecule has 16 heavy (non-hydrogen) atoms. The molecule has 0 saturated carbocycles. The Balaban J connectivity index is 2.73. The van der Waals surface area contributed by atoms with Crippen LogP contribution in [0.5, 0.6) is 0 Å². The van der Waals surface area contributed by atoms with Crippen LogP contribution in [0.3, 0.4) is 0 Å². The first-order valence-corrected chi connectivity index (χ1v) is 5.18. The molecule has 0 fully saturated rings. The van der Waals surface area contributed by atoms with E-state index in [1.165, 1.54) is 6.07 Å². The first-order chi connectivity index (χ1) is 7.52. The van der Waals surface area contributed by atoms with Crippen molar-refractivity contribution in [3.05, 3.63) is 33.9 Å². The van der Waals surface area contributed by atoms with Crippen molar-refractivity contribution in [1.82, 2.24) is 0 Å². The molecule has 5 nitrogen and oxygen atoms in total. The van der Waals surface area contributed by atoms with E-state index in [2.05, 4.69) is 5.32 Å². The summed E-state index contributed by atoms with van der Waals surface area (Å²) in [6, 6.07) is 4.93. The average Bonchev–Trinajstić information content (AvgIpc) is 2.19. The highest BCUT2D eigenvalue weighted by Crippen LogP contribution is 2.24. The Morgan fingerprint density at radius 1 is 1.56 bits per heavy atom. The molecule has 1 aromatic carbocycles. The molecule has 0 aliphatic carbocycles. The zero-order valence-electron chi connectivity index (χ0n) is 9.43. The van der Waals surface area contributed by atoms with E-state index in [1.807, 2.05) is 0 Å². The molecule has 0 radical (unpaired) electrons. The fourth-order valence-electron chi connectivity index (χ4n) is 1.43. The van der Waals surface area contributed by atoms with Crippen LogP contribution >= 0.6 is 0 Å². The van der Waals surface area contributed by atoms with Gasteiger partial charge in [-0.1, -0.05) is 6.07 Å². The van der Waals surface area contributed by atoms with Gasteiger partial charge in [0.15, 0.2) is 0 Å². The predicted octanol–water partition coefficient (Wildman–Crippen LogP) is 2.09. The highest BCUT2D eigenvalue weighted by molar-refractivity contribution is 5.59. The van der Waals surface area contributed by atoms with Crippen molar-refractivity contribution in [3.63, 3.8) is 0 Å². The largest absolute Gasteiger partial charge is 0.393 e. The molecule has 0 heterocycles. The number of nitro groups is 1. The van der Waals surface area contributed by atoms with Gasteiger partial charge >= 0.3 is 0 Å². The maximum Gasteiger partial charge on any atom is 0.274 e. The fourth-order valence-corrected chi connectivity index (χ4v) is 1.43. The van der Waals surface area contributed by atoms with E-state index in [9.17, 15) is 10.1 Å². The summed E-state index contributed by atoms with van der Waals surface area (Å²) in [6.07, 6.45) is 0.244. The lowest BCUT2D eigenvalue weighted by atomic mass is 10.1. The number of benzene rings is 1. The molecule has 88 valence electrons. The lowest BCUT2D eigenvalue weighted by molar-refractivity contribution is -0.385. The molecule has 5 heteroatoms. The molecule has 0 saturated heterocycles. The van der Waals surface area contributed by atoms with Crippen LogP contribution in [0.2, 0.25) is 0 Å². The van der Waals surface area contributed by atoms with Gasteiger partial charge in [0.2, 0.25) is 0 Å². The maximum atomic E-state index is 10.7. The minimum absolute atomic E-state index is 0.113. The summed E-state index contributed by atoms with van der Waals surface area (Å²) in [5.74, 6) is 0. The molecule has 1 aromatic rings. The fraction of sp³-hybridized carbons (Fsp3) is 0.455. The normalized spacial score (nSPS) is 12.2. The summed E-state index contributed by atoms with van der Waals surface area (Å²) in [5, 5.41) is 22.9. The maximum absolute atomic E-state index is 10.7. The SMILES string of the molecule is Cc1c(NCCC(C)O)cccc1[N+](=O)[O-]. The Morgan fingerprint density at radius 3 is 2.81 bits per heavy atom. The Labute approximate surface area is 94.3 Å². The monoisotopic (exact) mass is 224 g/mol. The minimum atomic E-state index is -0.394. The summed E-state index contributed by atoms with van der Waals surface area (Å²) < 4.78 is 0. The molecule has 1 unspecified atom stereocenters. The van der Waals surface area contributed by atoms with Gasteiger partial charge in [0.05, 0.1) is 11.0 Å². The topological polar surface area (TPSA) is 75.4 Å². The van der Waals surface area contributed by atoms with Crippen LogP contribution in [0.1, 0.15) is 18.9 Å². The standard InChI is InChI=1S/C11H16N2O3/c1-8(14)6-7-12-10-4-3-5-11(9(10)2)13(15)16/h3-5,8,12,14H,6-7H2,1-2H3. The van der Waals surface area contributed by atoms with Crippen LogP contribution in [-0.4, -0.2) is 22.7 Å². The van der Waals surface area contributed by atoms with Crippen molar-refractivity contribution in [2.75, 3.05) is 11.9 Å². The van der Waals surface area contributed by atoms with Gasteiger partial charge in [-0.2, -0.15) is 0 Å². The summed E-state index contributed by atoms with van der Waals surface area (Å²) in [4.78, 5) is 10.3. The number of rotatable bonds is 5. The quantitative estimate of drug-likeness (QED) is 0.593. The van der Waals surface area contributed by atoms with Crippen molar-refractivity contribution < 1.29 is 10.0 Å². The van der Waals surface area contributed by atoms with Crippen LogP contribution in [0.4, 0.5) is 11.4 Å². The van der Waals surface area contributed by atoms with Crippen LogP contribution < -0.4 is 5.32 Å². The van der Waals surface area contributed by atoms with Gasteiger partial charge in [0.25, 0.3) is 5.69 Å². The third kappa shape index (κ3) is 3.20. The average molecular weight is 224 g/mol. The number of hydrogen-bond donors (Lipinski definition) is 2. The molecule has 1 rings (SSSR count). The van der Waals surface area contributed by atoms with Crippen molar-refractivity contribution in [2.45, 2.75) is 26.4 Å². The van der Waals surface area contributed by atoms with Gasteiger partial charge in [-0.15, -0.1) is 0 Å². The molecule has 0 spiro atoms. The van der Waals surface area contributed by atoms with E-state index < -0.39 is 4.92 Å². The third-order valence-electron chi connectivity index (χ3n) is 2.38. The number of aliphatic hydroxyl groups excluding tert-OH is 1. The van der Waals surface area contributed by atoms with Gasteiger partial charge < -0.3 is 10.4 Å². The van der Waals surface area contributed by atoms with E-state index in [0.29, 0.717) is 18.5 Å². The Morgan fingerprint density at radius 2 is 2.25 bits per heavy atom. The zero-order valence-corrected chi connectivity index (χ0v) is 9.43. The molecule has 0 aliphatic rings. The van der Waals surface area contributed by atoms with Gasteiger partial charge in [0, 0.05) is 23.9 Å². The van der Waals surface area contributed by atoms with Crippen molar-refractivity contribution in [3.8, 4) is 0 Å². The molecular weight excluding hydrogens is 208 g/mol. The molecule has 0 bridgehead atoms. The van der Waals surface area contributed by atoms with Gasteiger partial charge in [0.1, 0.15) is 0 Å². The number of hydrogen-bond acceptors (Lipinski definition) is 4. The summed E-state index contributed by atoms with van der Waals surface area (Å²) in [5.41, 5.74) is 1.48. The van der Waals surface area contributed by atoms with Crippen LogP contribution in [0.15, 0.2) is 18.2 Å². The lowest BCUT2D eigenvalue weighted by Crippen LogP contribution is -2.10. The second-order valence-corrected chi connectivity index (χ2v) is 3.77. The van der Waals surface area contributed by atoms with Crippen molar-refractivity contribution in [2.24, 2.45) is 0 Å². The Hall–Kier alpha value is -1.62. The molecule has 1 atom stereocenters. The van der Waals surface area contributed by atoms with E-state index in [4.69, 9.17) is 5.11 Å². The predicted molar refractivity (Wildman–Crippen MR) is 62.6 cm³/mol. The van der Waals surface area contributed by atoms with Gasteiger partial charge in [-0.25, -0.2) is 0 Å². The first kappa shape index (κ1) is 12.4. The highest BCUT2D eigenvalue weighted by Gasteiger charge is 2.12. The summed E-state index contributed by atoms with van der Waals surface area (Å²) in [7, 11) is 0. The Kier molecular flexibility index (Phi) is 4.25. The van der Waals surface area contributed by atoms with E-state index in [-0.39, 0.29) is 11.8 Å². The summed E-state index contributed by atoms with van der Waals surface area (Å²) >= 11 is 0. The van der Waals surface area contributed by atoms with Crippen molar-refractivity contribution >= 4 is 11.4 Å². The van der Waals surface area contributed by atoms with Crippen molar-refractivity contribution in [1.29, 1.82) is 0 Å². The van der Waals surface area contributed by atoms with Crippen LogP contribution in [-0.2, 0) is 0 Å². The third-order valence-corrected chi connectivity index (χ3v) is 2.38. The van der Waals surface area contributed by atoms with Crippen LogP contribution in [0.25, 0.3) is 0 Å². The molecular formula is C11H16N2O3. The Bertz CT molecular complexity index is 377. The van der Waals surface area contributed by atoms with Gasteiger partial charge in [-0.3, -0.25) is 10.1 Å². The van der Waals surface area contributed by atoms with E-state index in [1.54, 1.807) is 26.0 Å². The van der Waals surface area contributed by atoms with Crippen LogP contribution in [0, 0.1) is 17.0 Å². The number of aliphatic hydroxyl groups is 1. The van der Waals surface area contributed by atoms with Gasteiger partial charge in [-0.05, 0) is 26.3 Å². The number of nitrogens with zero attached hydrogens (tertiary/aromatic N) is 1. The minimum Gasteiger partial charge on any atom is -0.393 e. The molecule has 0 aromatic heterocycles. The molecule has 2 N–H and O–H groups in total. The molecule has 0 amide bonds. The number of anilines is 1. The van der Waals surface area contributed by atoms with E-state index in [0.717, 1.165) is 5.69 Å². The van der Waals surface area contributed by atoms with E-state index >= 15 is 0 Å².